The van der Waals surface area contributed by atoms with Gasteiger partial charge in [-0.25, -0.2) is 4.39 Å². The highest BCUT2D eigenvalue weighted by Crippen LogP contribution is 2.34. The third-order valence-corrected chi connectivity index (χ3v) is 7.59. The Morgan fingerprint density at radius 3 is 2.71 bits per heavy atom. The van der Waals surface area contributed by atoms with Crippen LogP contribution >= 0.6 is 11.8 Å². The molecule has 1 N–H and O–H groups in total. The molecule has 1 fully saturated rings. The number of carbonyl (C=O) groups excluding carboxylic acids is 1. The number of ether oxygens (including phenoxy) is 1. The van der Waals surface area contributed by atoms with E-state index < -0.39 is 0 Å². The molecule has 34 heavy (non-hydrogen) atoms. The standard InChI is InChI=1S/C29H32FNO2S/c1-21(32)31-16-15-23-13-14-27(19-29(23)24-9-5-10-25(30)17-24)33-26-11-6-12-28(18-26)34-20-22-7-3-2-4-8-22/h2-5,7-10,13-14,17,19,26,28H,6,11-12,15-16,18,20H2,1H3,(H,31,32)/t26-,28-/m1/s1. The zero-order valence-electron chi connectivity index (χ0n) is 19.6. The summed E-state index contributed by atoms with van der Waals surface area (Å²) in [5, 5.41) is 3.44. The number of amides is 1. The van der Waals surface area contributed by atoms with Gasteiger partial charge in [0, 0.05) is 24.5 Å². The highest BCUT2D eigenvalue weighted by atomic mass is 32.2. The Morgan fingerprint density at radius 2 is 1.91 bits per heavy atom. The topological polar surface area (TPSA) is 38.3 Å². The molecule has 1 saturated carbocycles. The summed E-state index contributed by atoms with van der Waals surface area (Å²) >= 11 is 2.02. The van der Waals surface area contributed by atoms with E-state index in [1.165, 1.54) is 31.4 Å². The van der Waals surface area contributed by atoms with Crippen LogP contribution in [0.15, 0.2) is 72.8 Å². The summed E-state index contributed by atoms with van der Waals surface area (Å²) in [6.07, 6.45) is 5.36. The second-order valence-electron chi connectivity index (χ2n) is 8.89. The van der Waals surface area contributed by atoms with Crippen LogP contribution in [0.2, 0.25) is 0 Å². The first-order valence-electron chi connectivity index (χ1n) is 12.0. The maximum absolute atomic E-state index is 14.0. The fourth-order valence-electron chi connectivity index (χ4n) is 4.49. The molecule has 3 aromatic carbocycles. The minimum Gasteiger partial charge on any atom is -0.490 e. The number of thioether (sulfide) groups is 1. The summed E-state index contributed by atoms with van der Waals surface area (Å²) in [6, 6.07) is 23.4. The minimum absolute atomic E-state index is 0.0516. The minimum atomic E-state index is -0.262. The molecule has 0 bridgehead atoms. The highest BCUT2D eigenvalue weighted by molar-refractivity contribution is 7.99. The van der Waals surface area contributed by atoms with Gasteiger partial charge in [0.1, 0.15) is 11.6 Å². The van der Waals surface area contributed by atoms with E-state index in [0.717, 1.165) is 41.0 Å². The fourth-order valence-corrected chi connectivity index (χ4v) is 5.79. The van der Waals surface area contributed by atoms with Gasteiger partial charge in [-0.05, 0) is 78.6 Å². The lowest BCUT2D eigenvalue weighted by Gasteiger charge is -2.29. The van der Waals surface area contributed by atoms with Crippen LogP contribution in [-0.2, 0) is 17.0 Å². The Labute approximate surface area is 206 Å². The zero-order valence-corrected chi connectivity index (χ0v) is 20.5. The molecular weight excluding hydrogens is 445 g/mol. The van der Waals surface area contributed by atoms with Crippen LogP contribution in [0.5, 0.6) is 5.75 Å². The average Bonchev–Trinajstić information content (AvgIpc) is 2.84. The van der Waals surface area contributed by atoms with Crippen LogP contribution in [0.4, 0.5) is 4.39 Å². The molecule has 0 saturated heterocycles. The number of hydrogen-bond donors (Lipinski definition) is 1. The molecule has 3 nitrogen and oxygen atoms in total. The summed E-state index contributed by atoms with van der Waals surface area (Å²) in [6.45, 7) is 2.06. The molecule has 1 aliphatic rings. The van der Waals surface area contributed by atoms with Gasteiger partial charge in [0.25, 0.3) is 0 Å². The summed E-state index contributed by atoms with van der Waals surface area (Å²) < 4.78 is 20.4. The molecule has 4 rings (SSSR count). The maximum Gasteiger partial charge on any atom is 0.216 e. The molecule has 0 aromatic heterocycles. The Kier molecular flexibility index (Phi) is 8.64. The van der Waals surface area contributed by atoms with Gasteiger partial charge in [0.2, 0.25) is 5.91 Å². The first kappa shape index (κ1) is 24.3. The molecule has 3 aromatic rings. The number of halogens is 1. The Hall–Kier alpha value is -2.79. The molecule has 1 aliphatic carbocycles. The second kappa shape index (κ2) is 12.1. The van der Waals surface area contributed by atoms with Gasteiger partial charge >= 0.3 is 0 Å². The number of nitrogens with one attached hydrogen (secondary N) is 1. The van der Waals surface area contributed by atoms with Crippen LogP contribution in [0.25, 0.3) is 11.1 Å². The molecule has 0 spiro atoms. The SMILES string of the molecule is CC(=O)NCCc1ccc(O[C@@H]2CCC[C@@H](SCc3ccccc3)C2)cc1-c1cccc(F)c1. The quantitative estimate of drug-likeness (QED) is 0.369. The lowest BCUT2D eigenvalue weighted by molar-refractivity contribution is -0.118. The van der Waals surface area contributed by atoms with E-state index >= 15 is 0 Å². The number of benzene rings is 3. The molecule has 0 radical (unpaired) electrons. The summed E-state index contributed by atoms with van der Waals surface area (Å²) in [7, 11) is 0. The summed E-state index contributed by atoms with van der Waals surface area (Å²) in [5.41, 5.74) is 4.20. The van der Waals surface area contributed by atoms with E-state index in [0.29, 0.717) is 18.2 Å². The number of carbonyl (C=O) groups is 1. The summed E-state index contributed by atoms with van der Waals surface area (Å²) in [5.74, 6) is 1.54. The largest absolute Gasteiger partial charge is 0.490 e. The molecular formula is C29H32FNO2S. The van der Waals surface area contributed by atoms with Crippen LogP contribution < -0.4 is 10.1 Å². The van der Waals surface area contributed by atoms with Crippen molar-refractivity contribution in [3.05, 3.63) is 89.7 Å². The van der Waals surface area contributed by atoms with E-state index in [-0.39, 0.29) is 17.8 Å². The molecule has 0 heterocycles. The van der Waals surface area contributed by atoms with E-state index in [4.69, 9.17) is 4.74 Å². The smallest absolute Gasteiger partial charge is 0.216 e. The van der Waals surface area contributed by atoms with Crippen molar-refractivity contribution in [1.82, 2.24) is 5.32 Å². The van der Waals surface area contributed by atoms with Crippen molar-refractivity contribution in [3.63, 3.8) is 0 Å². The predicted octanol–water partition coefficient (Wildman–Crippen LogP) is 6.79. The lowest BCUT2D eigenvalue weighted by atomic mass is 9.96. The third-order valence-electron chi connectivity index (χ3n) is 6.19. The molecule has 5 heteroatoms. The number of rotatable bonds is 9. The van der Waals surface area contributed by atoms with Crippen LogP contribution in [-0.4, -0.2) is 23.8 Å². The molecule has 0 aliphatic heterocycles. The number of hydrogen-bond acceptors (Lipinski definition) is 3. The zero-order chi connectivity index (χ0) is 23.8. The van der Waals surface area contributed by atoms with Crippen molar-refractivity contribution in [1.29, 1.82) is 0 Å². The van der Waals surface area contributed by atoms with Crippen molar-refractivity contribution in [2.24, 2.45) is 0 Å². The molecule has 1 amide bonds. The normalized spacial score (nSPS) is 17.8. The van der Waals surface area contributed by atoms with E-state index in [1.807, 2.05) is 36.0 Å². The average molecular weight is 478 g/mol. The van der Waals surface area contributed by atoms with Gasteiger partial charge < -0.3 is 10.1 Å². The Balaban J connectivity index is 1.44. The van der Waals surface area contributed by atoms with E-state index in [9.17, 15) is 9.18 Å². The van der Waals surface area contributed by atoms with Gasteiger partial charge in [-0.1, -0.05) is 48.5 Å². The first-order chi connectivity index (χ1) is 16.6. The monoisotopic (exact) mass is 477 g/mol. The van der Waals surface area contributed by atoms with Gasteiger partial charge in [-0.15, -0.1) is 0 Å². The maximum atomic E-state index is 14.0. The highest BCUT2D eigenvalue weighted by Gasteiger charge is 2.24. The van der Waals surface area contributed by atoms with Crippen molar-refractivity contribution in [2.75, 3.05) is 6.54 Å². The van der Waals surface area contributed by atoms with Gasteiger partial charge in [-0.3, -0.25) is 4.79 Å². The van der Waals surface area contributed by atoms with Crippen molar-refractivity contribution in [2.45, 2.75) is 56.1 Å². The van der Waals surface area contributed by atoms with Crippen LogP contribution in [0, 0.1) is 5.82 Å². The first-order valence-corrected chi connectivity index (χ1v) is 13.1. The van der Waals surface area contributed by atoms with Gasteiger partial charge in [0.15, 0.2) is 0 Å². The Morgan fingerprint density at radius 1 is 1.06 bits per heavy atom. The molecule has 2 atom stereocenters. The van der Waals surface area contributed by atoms with Crippen LogP contribution in [0.1, 0.15) is 43.7 Å². The van der Waals surface area contributed by atoms with Crippen molar-refractivity contribution >= 4 is 17.7 Å². The fraction of sp³-hybridized carbons (Fsp3) is 0.345. The van der Waals surface area contributed by atoms with Gasteiger partial charge in [0.05, 0.1) is 6.10 Å². The Bertz CT molecular complexity index is 1090. The molecule has 0 unspecified atom stereocenters. The second-order valence-corrected chi connectivity index (χ2v) is 10.2. The lowest BCUT2D eigenvalue weighted by Crippen LogP contribution is -2.27. The molecule has 178 valence electrons. The van der Waals surface area contributed by atoms with Gasteiger partial charge in [-0.2, -0.15) is 11.8 Å². The van der Waals surface area contributed by atoms with E-state index in [1.54, 1.807) is 12.1 Å². The van der Waals surface area contributed by atoms with Crippen molar-refractivity contribution < 1.29 is 13.9 Å². The van der Waals surface area contributed by atoms with Crippen LogP contribution in [0.3, 0.4) is 0 Å². The summed E-state index contributed by atoms with van der Waals surface area (Å²) in [4.78, 5) is 11.3. The third kappa shape index (κ3) is 7.10. The van der Waals surface area contributed by atoms with E-state index in [2.05, 4.69) is 35.6 Å². The van der Waals surface area contributed by atoms with Crippen molar-refractivity contribution in [3.8, 4) is 16.9 Å². The predicted molar refractivity (Wildman–Crippen MR) is 139 cm³/mol.